The van der Waals surface area contributed by atoms with Crippen LogP contribution in [-0.2, 0) is 18.4 Å². The molecule has 1 aliphatic carbocycles. The summed E-state index contributed by atoms with van der Waals surface area (Å²) in [6.07, 6.45) is 4.64. The topological polar surface area (TPSA) is 54.3 Å². The minimum atomic E-state index is 0.194. The molecule has 2 aliphatic heterocycles. The zero-order chi connectivity index (χ0) is 14.6. The quantitative estimate of drug-likeness (QED) is 0.824. The van der Waals surface area contributed by atoms with E-state index >= 15 is 0 Å². The monoisotopic (exact) mass is 289 g/mol. The molecule has 1 amide bonds. The van der Waals surface area contributed by atoms with Crippen LogP contribution in [0, 0.1) is 5.92 Å². The van der Waals surface area contributed by atoms with Crippen LogP contribution < -0.4 is 0 Å². The predicted molar refractivity (Wildman–Crippen MR) is 77.5 cm³/mol. The van der Waals surface area contributed by atoms with Crippen molar-refractivity contribution in [3.05, 3.63) is 11.6 Å². The van der Waals surface area contributed by atoms with Gasteiger partial charge in [0.05, 0.1) is 12.5 Å². The summed E-state index contributed by atoms with van der Waals surface area (Å²) in [6, 6.07) is 0.359. The van der Waals surface area contributed by atoms with Crippen LogP contribution in [-0.4, -0.2) is 56.7 Å². The summed E-state index contributed by atoms with van der Waals surface area (Å²) in [5.41, 5.74) is 0. The van der Waals surface area contributed by atoms with Crippen molar-refractivity contribution in [1.29, 1.82) is 0 Å². The van der Waals surface area contributed by atoms with Crippen molar-refractivity contribution >= 4 is 5.91 Å². The molecule has 3 heterocycles. The lowest BCUT2D eigenvalue weighted by Gasteiger charge is -2.35. The zero-order valence-electron chi connectivity index (χ0n) is 12.8. The van der Waals surface area contributed by atoms with E-state index in [1.807, 2.05) is 11.9 Å². The molecule has 4 rings (SSSR count). The standard InChI is InChI=1S/C15H23N5O/c1-18-8-12-11(15(18)21)4-3-7-20(12)9-13-16-17-14(19(13)2)10-5-6-10/h10-12H,3-9H2,1-2H3/t11-,12-/m1/s1. The first kappa shape index (κ1) is 13.2. The molecule has 1 aromatic heterocycles. The fraction of sp³-hybridized carbons (Fsp3) is 0.800. The Bertz CT molecular complexity index is 564. The van der Waals surface area contributed by atoms with Crippen molar-refractivity contribution in [1.82, 2.24) is 24.6 Å². The summed E-state index contributed by atoms with van der Waals surface area (Å²) in [7, 11) is 4.00. The van der Waals surface area contributed by atoms with Gasteiger partial charge in [0.1, 0.15) is 11.6 Å². The van der Waals surface area contributed by atoms with Crippen molar-refractivity contribution in [2.45, 2.75) is 44.2 Å². The van der Waals surface area contributed by atoms with Gasteiger partial charge in [-0.25, -0.2) is 0 Å². The van der Waals surface area contributed by atoms with Crippen LogP contribution in [0.3, 0.4) is 0 Å². The van der Waals surface area contributed by atoms with Gasteiger partial charge in [-0.15, -0.1) is 10.2 Å². The maximum Gasteiger partial charge on any atom is 0.227 e. The highest BCUT2D eigenvalue weighted by Gasteiger charge is 2.44. The fourth-order valence-corrected chi connectivity index (χ4v) is 3.90. The van der Waals surface area contributed by atoms with Crippen LogP contribution in [0.2, 0.25) is 0 Å². The average molecular weight is 289 g/mol. The highest BCUT2D eigenvalue weighted by Crippen LogP contribution is 2.39. The molecule has 6 heteroatoms. The van der Waals surface area contributed by atoms with Crippen molar-refractivity contribution in [3.63, 3.8) is 0 Å². The van der Waals surface area contributed by atoms with Gasteiger partial charge >= 0.3 is 0 Å². The number of carbonyl (C=O) groups is 1. The molecule has 3 fully saturated rings. The molecule has 0 spiro atoms. The number of rotatable bonds is 3. The minimum Gasteiger partial charge on any atom is -0.344 e. The van der Waals surface area contributed by atoms with Gasteiger partial charge in [-0.1, -0.05) is 0 Å². The van der Waals surface area contributed by atoms with Crippen LogP contribution in [0.15, 0.2) is 0 Å². The Hall–Kier alpha value is -1.43. The first-order valence-corrected chi connectivity index (χ1v) is 8.02. The third-order valence-electron chi connectivity index (χ3n) is 5.33. The SMILES string of the molecule is CN1C[C@@H]2[C@@H](CCCN2Cc2nnc(C3CC3)n2C)C1=O. The van der Waals surface area contributed by atoms with Crippen molar-refractivity contribution in [2.24, 2.45) is 13.0 Å². The molecule has 21 heavy (non-hydrogen) atoms. The molecule has 1 saturated carbocycles. The van der Waals surface area contributed by atoms with Crippen LogP contribution in [0.25, 0.3) is 0 Å². The number of hydrogen-bond donors (Lipinski definition) is 0. The van der Waals surface area contributed by atoms with Gasteiger partial charge in [-0.3, -0.25) is 9.69 Å². The van der Waals surface area contributed by atoms with Gasteiger partial charge in [0.25, 0.3) is 0 Å². The molecule has 2 atom stereocenters. The molecule has 0 N–H and O–H groups in total. The van der Waals surface area contributed by atoms with E-state index in [1.54, 1.807) is 0 Å². The summed E-state index contributed by atoms with van der Waals surface area (Å²) in [5, 5.41) is 8.76. The van der Waals surface area contributed by atoms with Gasteiger partial charge in [-0.2, -0.15) is 0 Å². The summed E-state index contributed by atoms with van der Waals surface area (Å²) in [6.45, 7) is 2.74. The third-order valence-corrected chi connectivity index (χ3v) is 5.33. The highest BCUT2D eigenvalue weighted by atomic mass is 16.2. The van der Waals surface area contributed by atoms with E-state index in [2.05, 4.69) is 26.7 Å². The van der Waals surface area contributed by atoms with E-state index < -0.39 is 0 Å². The van der Waals surface area contributed by atoms with Crippen LogP contribution in [0.4, 0.5) is 0 Å². The van der Waals surface area contributed by atoms with Gasteiger partial charge in [0.15, 0.2) is 0 Å². The fourth-order valence-electron chi connectivity index (χ4n) is 3.90. The summed E-state index contributed by atoms with van der Waals surface area (Å²) in [4.78, 5) is 16.5. The van der Waals surface area contributed by atoms with Gasteiger partial charge in [-0.05, 0) is 32.2 Å². The van der Waals surface area contributed by atoms with E-state index in [9.17, 15) is 4.79 Å². The Morgan fingerprint density at radius 1 is 1.19 bits per heavy atom. The number of piperidine rings is 1. The van der Waals surface area contributed by atoms with E-state index in [1.165, 1.54) is 12.8 Å². The number of amides is 1. The molecule has 114 valence electrons. The number of fused-ring (bicyclic) bond motifs is 1. The van der Waals surface area contributed by atoms with Gasteiger partial charge in [0, 0.05) is 32.6 Å². The minimum absolute atomic E-state index is 0.194. The lowest BCUT2D eigenvalue weighted by Crippen LogP contribution is -2.45. The maximum atomic E-state index is 12.2. The average Bonchev–Trinajstić information content (AvgIpc) is 3.19. The van der Waals surface area contributed by atoms with E-state index in [0.717, 1.165) is 44.1 Å². The van der Waals surface area contributed by atoms with Crippen molar-refractivity contribution in [2.75, 3.05) is 20.1 Å². The Balaban J connectivity index is 1.52. The smallest absolute Gasteiger partial charge is 0.227 e. The molecule has 1 aromatic rings. The second kappa shape index (κ2) is 4.80. The summed E-state index contributed by atoms with van der Waals surface area (Å²) >= 11 is 0. The lowest BCUT2D eigenvalue weighted by molar-refractivity contribution is -0.130. The normalized spacial score (nSPS) is 30.0. The van der Waals surface area contributed by atoms with Gasteiger partial charge in [0.2, 0.25) is 5.91 Å². The van der Waals surface area contributed by atoms with E-state index in [0.29, 0.717) is 17.9 Å². The third kappa shape index (κ3) is 2.16. The molecule has 0 radical (unpaired) electrons. The molecule has 0 aromatic carbocycles. The molecule has 0 bridgehead atoms. The molecule has 6 nitrogen and oxygen atoms in total. The summed E-state index contributed by atoms with van der Waals surface area (Å²) in [5.74, 6) is 3.32. The van der Waals surface area contributed by atoms with Crippen molar-refractivity contribution < 1.29 is 4.79 Å². The molecular formula is C15H23N5O. The maximum absolute atomic E-state index is 12.2. The van der Waals surface area contributed by atoms with Crippen LogP contribution >= 0.6 is 0 Å². The molecule has 3 aliphatic rings. The first-order chi connectivity index (χ1) is 10.1. The van der Waals surface area contributed by atoms with Gasteiger partial charge < -0.3 is 9.47 Å². The van der Waals surface area contributed by atoms with Crippen LogP contribution in [0.1, 0.15) is 43.3 Å². The Morgan fingerprint density at radius 2 is 2.00 bits per heavy atom. The lowest BCUT2D eigenvalue weighted by atomic mass is 9.91. The number of aromatic nitrogens is 3. The molecular weight excluding hydrogens is 266 g/mol. The molecule has 0 unspecified atom stereocenters. The van der Waals surface area contributed by atoms with Crippen molar-refractivity contribution in [3.8, 4) is 0 Å². The second-order valence-corrected chi connectivity index (χ2v) is 6.81. The second-order valence-electron chi connectivity index (χ2n) is 6.81. The van der Waals surface area contributed by atoms with E-state index in [4.69, 9.17) is 0 Å². The number of nitrogens with zero attached hydrogens (tertiary/aromatic N) is 5. The number of likely N-dealkylation sites (tertiary alicyclic amines) is 2. The number of likely N-dealkylation sites (N-methyl/N-ethyl adjacent to an activating group) is 1. The highest BCUT2D eigenvalue weighted by molar-refractivity contribution is 5.81. The predicted octanol–water partition coefficient (Wildman–Crippen LogP) is 0.745. The number of carbonyl (C=O) groups excluding carboxylic acids is 1. The zero-order valence-corrected chi connectivity index (χ0v) is 12.8. The largest absolute Gasteiger partial charge is 0.344 e. The molecule has 2 saturated heterocycles. The van der Waals surface area contributed by atoms with E-state index in [-0.39, 0.29) is 5.92 Å². The Labute approximate surface area is 125 Å². The summed E-state index contributed by atoms with van der Waals surface area (Å²) < 4.78 is 2.17. The van der Waals surface area contributed by atoms with Crippen LogP contribution in [0.5, 0.6) is 0 Å². The Kier molecular flexibility index (Phi) is 3.03. The number of hydrogen-bond acceptors (Lipinski definition) is 4. The Morgan fingerprint density at radius 3 is 2.76 bits per heavy atom. The first-order valence-electron chi connectivity index (χ1n) is 8.02.